The second-order valence-electron chi connectivity index (χ2n) is 0.0816. The molecule has 4 heteroatoms. The first kappa shape index (κ1) is 8.82. The summed E-state index contributed by atoms with van der Waals surface area (Å²) in [7, 11) is -0.833. The summed E-state index contributed by atoms with van der Waals surface area (Å²) in [5.74, 6) is 0. The van der Waals surface area contributed by atoms with Crippen LogP contribution in [0.1, 0.15) is 0 Å². The van der Waals surface area contributed by atoms with Gasteiger partial charge in [-0.1, -0.05) is 0 Å². The minimum atomic E-state index is -0.833. The third kappa shape index (κ3) is 19.6. The number of hydrogen-bond acceptors (Lipinski definition) is 1. The minimum absolute atomic E-state index is 0. The molecule has 0 fully saturated rings. The predicted molar refractivity (Wildman–Crippen MR) is 9.83 cm³/mol. The second-order valence-corrected chi connectivity index (χ2v) is 0.245. The first-order valence-electron chi connectivity index (χ1n) is 0.383. The average molecular weight is 123 g/mol. The first-order valence-corrected chi connectivity index (χ1v) is 1.15. The Labute approximate surface area is 35.7 Å². The smallest absolute Gasteiger partial charge is 0.310 e. The van der Waals surface area contributed by atoms with E-state index in [1.165, 1.54) is 0 Å². The van der Waals surface area contributed by atoms with E-state index in [0.717, 1.165) is 0 Å². The number of hydrogen-bond donors (Lipinski definition) is 1. The zero-order chi connectivity index (χ0) is 2.71. The van der Waals surface area contributed by atoms with Gasteiger partial charge in [0.25, 0.3) is 0 Å². The van der Waals surface area contributed by atoms with E-state index in [-0.39, 0.29) is 16.8 Å². The molecule has 0 saturated carbocycles. The molecule has 0 bridgehead atoms. The normalized spacial score (nSPS) is 5.25. The third-order valence-corrected chi connectivity index (χ3v) is 0. The van der Waals surface area contributed by atoms with Crippen LogP contribution in [0.2, 0.25) is 0 Å². The zero-order valence-corrected chi connectivity index (χ0v) is 3.57. The van der Waals surface area contributed by atoms with Crippen LogP contribution in [0.25, 0.3) is 0 Å². The molecule has 0 aromatic rings. The van der Waals surface area contributed by atoms with E-state index in [1.807, 2.05) is 0 Å². The molecule has 0 rings (SSSR count). The van der Waals surface area contributed by atoms with Gasteiger partial charge in [0.15, 0.2) is 0 Å². The van der Waals surface area contributed by atoms with Crippen molar-refractivity contribution in [1.29, 1.82) is 0 Å². The van der Waals surface area contributed by atoms with Crippen LogP contribution in [0.4, 0.5) is 0 Å². The van der Waals surface area contributed by atoms with E-state index in [2.05, 4.69) is 0 Å². The summed E-state index contributed by atoms with van der Waals surface area (Å²) in [6, 6.07) is 0. The fraction of sp³-hybridized carbons (Fsp3) is 0. The van der Waals surface area contributed by atoms with Crippen molar-refractivity contribution in [3.05, 3.63) is 0 Å². The molecule has 4 heavy (non-hydrogen) atoms. The molecule has 27 valence electrons. The van der Waals surface area contributed by atoms with Gasteiger partial charge >= 0.3 is 8.69 Å². The molecule has 0 aliphatic carbocycles. The quantitative estimate of drug-likeness (QED) is 0.466. The van der Waals surface area contributed by atoms with Gasteiger partial charge in [-0.3, -0.25) is 0 Å². The molecule has 2 nitrogen and oxygen atoms in total. The Balaban J connectivity index is 0. The van der Waals surface area contributed by atoms with Gasteiger partial charge in [-0.2, -0.15) is 0 Å². The minimum Gasteiger partial charge on any atom is -0.310 e. The van der Waals surface area contributed by atoms with Crippen LogP contribution >= 0.6 is 8.69 Å². The van der Waals surface area contributed by atoms with Gasteiger partial charge in [0, 0.05) is 16.8 Å². The molecule has 0 saturated heterocycles. The van der Waals surface area contributed by atoms with Crippen LogP contribution in [0.3, 0.4) is 0 Å². The van der Waals surface area contributed by atoms with Gasteiger partial charge in [-0.15, -0.1) is 0 Å². The van der Waals surface area contributed by atoms with E-state index in [0.29, 0.717) is 0 Å². The van der Waals surface area contributed by atoms with Gasteiger partial charge in [0.1, 0.15) is 0 Å². The van der Waals surface area contributed by atoms with Gasteiger partial charge in [0.2, 0.25) is 0 Å². The average Bonchev–Trinajstić information content (AvgIpc) is 0.918. The fourth-order valence-corrected chi connectivity index (χ4v) is 0. The Hall–Kier alpha value is 0.566. The Morgan fingerprint density at radius 2 is 1.75 bits per heavy atom. The van der Waals surface area contributed by atoms with Crippen molar-refractivity contribution in [2.24, 2.45) is 0 Å². The van der Waals surface area contributed by atoms with Crippen LogP contribution < -0.4 is 0 Å². The summed E-state index contributed by atoms with van der Waals surface area (Å²) in [6.07, 6.45) is 0. The summed E-state index contributed by atoms with van der Waals surface area (Å²) < 4.78 is 8.46. The molecule has 0 amide bonds. The Kier molecular flexibility index (Phi) is 21.1. The molecule has 0 aliphatic heterocycles. The van der Waals surface area contributed by atoms with Crippen molar-refractivity contribution in [3.63, 3.8) is 0 Å². The SMILES string of the molecule is O=PO.[Co]. The van der Waals surface area contributed by atoms with Crippen LogP contribution in [0.5, 0.6) is 0 Å². The Morgan fingerprint density at radius 3 is 1.75 bits per heavy atom. The van der Waals surface area contributed by atoms with Crippen molar-refractivity contribution >= 4 is 8.69 Å². The van der Waals surface area contributed by atoms with Crippen molar-refractivity contribution in [3.8, 4) is 0 Å². The summed E-state index contributed by atoms with van der Waals surface area (Å²) in [5, 5.41) is 0. The van der Waals surface area contributed by atoms with Crippen molar-refractivity contribution in [1.82, 2.24) is 0 Å². The maximum absolute atomic E-state index is 8.46. The van der Waals surface area contributed by atoms with Crippen molar-refractivity contribution in [2.75, 3.05) is 0 Å². The van der Waals surface area contributed by atoms with Crippen LogP contribution in [-0.2, 0) is 21.3 Å². The van der Waals surface area contributed by atoms with Crippen molar-refractivity contribution in [2.45, 2.75) is 0 Å². The van der Waals surface area contributed by atoms with Gasteiger partial charge in [-0.25, -0.2) is 4.57 Å². The monoisotopic (exact) mass is 123 g/mol. The molecular weight excluding hydrogens is 122 g/mol. The molecule has 0 spiro atoms. The van der Waals surface area contributed by atoms with E-state index < -0.39 is 8.69 Å². The van der Waals surface area contributed by atoms with Gasteiger partial charge in [-0.05, 0) is 0 Å². The Bertz CT molecular complexity index is 13.5. The molecule has 0 aliphatic rings. The second kappa shape index (κ2) is 9.57. The maximum atomic E-state index is 8.46. The zero-order valence-electron chi connectivity index (χ0n) is 1.64. The largest absolute Gasteiger partial charge is 0.324 e. The molecule has 1 N–H and O–H groups in total. The summed E-state index contributed by atoms with van der Waals surface area (Å²) in [6.45, 7) is 0. The maximum Gasteiger partial charge on any atom is 0.324 e. The van der Waals surface area contributed by atoms with Crippen LogP contribution in [0.15, 0.2) is 0 Å². The van der Waals surface area contributed by atoms with E-state index >= 15 is 0 Å². The molecule has 0 aromatic carbocycles. The van der Waals surface area contributed by atoms with E-state index in [4.69, 9.17) is 9.46 Å². The van der Waals surface area contributed by atoms with Crippen LogP contribution in [-0.4, -0.2) is 4.89 Å². The molecule has 0 unspecified atom stereocenters. The summed E-state index contributed by atoms with van der Waals surface area (Å²) in [5.41, 5.74) is 0. The first-order chi connectivity index (χ1) is 1.41. The molecular formula is HCoO2P. The predicted octanol–water partition coefficient (Wildman–Crippen LogP) is 0.183. The Morgan fingerprint density at radius 1 is 1.75 bits per heavy atom. The third-order valence-electron chi connectivity index (χ3n) is 0. The standard InChI is InChI=1S/Co.HO2P/c;1-3-2/h;(H,1,2). The molecule has 0 heterocycles. The van der Waals surface area contributed by atoms with E-state index in [9.17, 15) is 0 Å². The molecule has 1 radical (unpaired) electrons. The fourth-order valence-electron chi connectivity index (χ4n) is 0. The summed E-state index contributed by atoms with van der Waals surface area (Å²) in [4.78, 5) is 6.99. The van der Waals surface area contributed by atoms with Gasteiger partial charge in [0.05, 0.1) is 0 Å². The topological polar surface area (TPSA) is 37.3 Å². The van der Waals surface area contributed by atoms with Crippen molar-refractivity contribution < 1.29 is 26.2 Å². The number of rotatable bonds is 0. The summed E-state index contributed by atoms with van der Waals surface area (Å²) >= 11 is 0. The van der Waals surface area contributed by atoms with E-state index in [1.54, 1.807) is 0 Å². The van der Waals surface area contributed by atoms with Gasteiger partial charge < -0.3 is 4.89 Å². The molecule has 0 atom stereocenters. The molecule has 0 aromatic heterocycles. The van der Waals surface area contributed by atoms with Crippen LogP contribution in [0, 0.1) is 0 Å².